The molecule has 0 aliphatic rings. The van der Waals surface area contributed by atoms with Crippen LogP contribution in [0.25, 0.3) is 5.65 Å². The molecule has 25 heavy (non-hydrogen) atoms. The Morgan fingerprint density at radius 1 is 1.08 bits per heavy atom. The lowest BCUT2D eigenvalue weighted by molar-refractivity contribution is 0.874. The fraction of sp³-hybridized carbons (Fsp3) is 0.250. The molecule has 0 aliphatic heterocycles. The molecule has 0 spiro atoms. The minimum absolute atomic E-state index is 0.563. The van der Waals surface area contributed by atoms with Gasteiger partial charge in [-0.15, -0.1) is 38.5 Å². The maximum atomic E-state index is 5.84. The molecular weight excluding hydrogens is 361 g/mol. The summed E-state index contributed by atoms with van der Waals surface area (Å²) >= 11 is 11.7. The predicted molar refractivity (Wildman–Crippen MR) is 102 cm³/mol. The molecule has 0 amide bonds. The van der Waals surface area contributed by atoms with Crippen LogP contribution >= 0.6 is 23.2 Å². The standard InChI is InChI=1S/C16H17Cl2N7/c17-7-9-24(10-8-18)14-3-1-13(2-4-14)11-19-21-15-5-6-16-22-20-12-25(16)23-15/h1-6,11-12H,7-10H2,(H,21,23). The number of nitrogens with zero attached hydrogens (tertiary/aromatic N) is 6. The van der Waals surface area contributed by atoms with Gasteiger partial charge in [0.2, 0.25) is 0 Å². The van der Waals surface area contributed by atoms with Crippen LogP contribution < -0.4 is 10.3 Å². The van der Waals surface area contributed by atoms with Gasteiger partial charge in [0.1, 0.15) is 6.33 Å². The average molecular weight is 378 g/mol. The summed E-state index contributed by atoms with van der Waals surface area (Å²) in [5, 5.41) is 16.2. The molecule has 1 aromatic carbocycles. The zero-order valence-corrected chi connectivity index (χ0v) is 14.9. The van der Waals surface area contributed by atoms with Crippen LogP contribution in [-0.4, -0.2) is 50.9 Å². The Morgan fingerprint density at radius 3 is 2.56 bits per heavy atom. The Labute approximate surface area is 155 Å². The number of anilines is 2. The van der Waals surface area contributed by atoms with Gasteiger partial charge in [-0.1, -0.05) is 12.1 Å². The maximum Gasteiger partial charge on any atom is 0.177 e. The fourth-order valence-electron chi connectivity index (χ4n) is 2.31. The van der Waals surface area contributed by atoms with Crippen molar-refractivity contribution in [2.75, 3.05) is 35.2 Å². The third kappa shape index (κ3) is 4.58. The molecule has 0 bridgehead atoms. The van der Waals surface area contributed by atoms with Gasteiger partial charge in [-0.25, -0.2) is 0 Å². The Hall–Kier alpha value is -2.38. The van der Waals surface area contributed by atoms with E-state index in [9.17, 15) is 0 Å². The molecule has 0 saturated carbocycles. The lowest BCUT2D eigenvalue weighted by Gasteiger charge is -2.22. The minimum Gasteiger partial charge on any atom is -0.369 e. The van der Waals surface area contributed by atoms with Crippen LogP contribution in [0.1, 0.15) is 5.56 Å². The molecule has 130 valence electrons. The first kappa shape index (κ1) is 17.4. The van der Waals surface area contributed by atoms with E-state index in [1.165, 1.54) is 6.33 Å². The van der Waals surface area contributed by atoms with E-state index in [4.69, 9.17) is 23.2 Å². The lowest BCUT2D eigenvalue weighted by Crippen LogP contribution is -2.27. The van der Waals surface area contributed by atoms with Gasteiger partial charge in [0.15, 0.2) is 11.5 Å². The minimum atomic E-state index is 0.563. The van der Waals surface area contributed by atoms with Gasteiger partial charge in [0.05, 0.1) is 6.21 Å². The van der Waals surface area contributed by atoms with Crippen molar-refractivity contribution in [3.63, 3.8) is 0 Å². The van der Waals surface area contributed by atoms with Crippen LogP contribution in [0.4, 0.5) is 11.5 Å². The molecule has 3 aromatic rings. The van der Waals surface area contributed by atoms with Crippen LogP contribution in [-0.2, 0) is 0 Å². The number of hydrogen-bond acceptors (Lipinski definition) is 6. The molecule has 3 rings (SSSR count). The van der Waals surface area contributed by atoms with E-state index >= 15 is 0 Å². The summed E-state index contributed by atoms with van der Waals surface area (Å²) in [6.07, 6.45) is 3.27. The Bertz CT molecular complexity index is 826. The van der Waals surface area contributed by atoms with Crippen LogP contribution in [0.15, 0.2) is 47.8 Å². The van der Waals surface area contributed by atoms with Gasteiger partial charge in [0.25, 0.3) is 0 Å². The van der Waals surface area contributed by atoms with Crippen molar-refractivity contribution in [1.82, 2.24) is 19.8 Å². The highest BCUT2D eigenvalue weighted by atomic mass is 35.5. The number of aromatic nitrogens is 4. The molecule has 0 atom stereocenters. The number of hydrazone groups is 1. The molecule has 0 saturated heterocycles. The number of hydrogen-bond donors (Lipinski definition) is 1. The molecular formula is C16H17Cl2N7. The summed E-state index contributed by atoms with van der Waals surface area (Å²) in [4.78, 5) is 2.15. The normalized spacial score (nSPS) is 11.3. The molecule has 0 fully saturated rings. The van der Waals surface area contributed by atoms with E-state index in [1.807, 2.05) is 30.3 Å². The van der Waals surface area contributed by atoms with Crippen molar-refractivity contribution in [2.24, 2.45) is 5.10 Å². The van der Waals surface area contributed by atoms with E-state index < -0.39 is 0 Å². The number of halogens is 2. The lowest BCUT2D eigenvalue weighted by atomic mass is 10.2. The SMILES string of the molecule is ClCCN(CCCl)c1ccc(C=NNc2ccc3nncn3n2)cc1. The van der Waals surface area contributed by atoms with E-state index in [0.29, 0.717) is 23.2 Å². The first-order valence-corrected chi connectivity index (χ1v) is 8.80. The summed E-state index contributed by atoms with van der Waals surface area (Å²) in [6, 6.07) is 11.7. The van der Waals surface area contributed by atoms with Crippen LogP contribution in [0, 0.1) is 0 Å². The summed E-state index contributed by atoms with van der Waals surface area (Å²) < 4.78 is 1.58. The second-order valence-corrected chi connectivity index (χ2v) is 5.93. The Morgan fingerprint density at radius 2 is 1.84 bits per heavy atom. The van der Waals surface area contributed by atoms with Crippen molar-refractivity contribution < 1.29 is 0 Å². The van der Waals surface area contributed by atoms with Gasteiger partial charge >= 0.3 is 0 Å². The third-order valence-electron chi connectivity index (χ3n) is 3.52. The smallest absolute Gasteiger partial charge is 0.177 e. The summed E-state index contributed by atoms with van der Waals surface area (Å²) in [5.74, 6) is 1.73. The second-order valence-electron chi connectivity index (χ2n) is 5.18. The van der Waals surface area contributed by atoms with E-state index in [1.54, 1.807) is 16.8 Å². The molecule has 0 radical (unpaired) electrons. The van der Waals surface area contributed by atoms with Crippen LogP contribution in [0.5, 0.6) is 0 Å². The van der Waals surface area contributed by atoms with Crippen molar-refractivity contribution in [3.8, 4) is 0 Å². The number of fused-ring (bicyclic) bond motifs is 1. The summed E-state index contributed by atoms with van der Waals surface area (Å²) in [7, 11) is 0. The highest BCUT2D eigenvalue weighted by Crippen LogP contribution is 2.15. The molecule has 2 heterocycles. The predicted octanol–water partition coefficient (Wildman–Crippen LogP) is 2.85. The van der Waals surface area contributed by atoms with Crippen LogP contribution in [0.3, 0.4) is 0 Å². The molecule has 0 aliphatic carbocycles. The largest absolute Gasteiger partial charge is 0.369 e. The summed E-state index contributed by atoms with van der Waals surface area (Å²) in [5.41, 5.74) is 5.63. The van der Waals surface area contributed by atoms with Crippen molar-refractivity contribution in [2.45, 2.75) is 0 Å². The van der Waals surface area contributed by atoms with Gasteiger partial charge < -0.3 is 4.90 Å². The molecule has 1 N–H and O–H groups in total. The highest BCUT2D eigenvalue weighted by Gasteiger charge is 2.04. The number of nitrogens with one attached hydrogen (secondary N) is 1. The van der Waals surface area contributed by atoms with Crippen molar-refractivity contribution in [1.29, 1.82) is 0 Å². The Kier molecular flexibility index (Phi) is 6.03. The fourth-order valence-corrected chi connectivity index (χ4v) is 2.71. The third-order valence-corrected chi connectivity index (χ3v) is 3.86. The van der Waals surface area contributed by atoms with E-state index in [0.717, 1.165) is 24.3 Å². The second kappa shape index (κ2) is 8.64. The van der Waals surface area contributed by atoms with Gasteiger partial charge in [-0.2, -0.15) is 9.62 Å². The van der Waals surface area contributed by atoms with Crippen LogP contribution in [0.2, 0.25) is 0 Å². The van der Waals surface area contributed by atoms with E-state index in [2.05, 4.69) is 30.7 Å². The van der Waals surface area contributed by atoms with E-state index in [-0.39, 0.29) is 0 Å². The molecule has 0 unspecified atom stereocenters. The maximum absolute atomic E-state index is 5.84. The van der Waals surface area contributed by atoms with Gasteiger partial charge in [-0.3, -0.25) is 5.43 Å². The Balaban J connectivity index is 1.62. The average Bonchev–Trinajstić information content (AvgIpc) is 3.10. The molecule has 2 aromatic heterocycles. The zero-order valence-electron chi connectivity index (χ0n) is 13.4. The topological polar surface area (TPSA) is 70.7 Å². The zero-order chi connectivity index (χ0) is 17.5. The monoisotopic (exact) mass is 377 g/mol. The van der Waals surface area contributed by atoms with Crippen molar-refractivity contribution >= 4 is 46.6 Å². The van der Waals surface area contributed by atoms with Crippen molar-refractivity contribution in [3.05, 3.63) is 48.3 Å². The number of alkyl halides is 2. The van der Waals surface area contributed by atoms with Gasteiger partial charge in [-0.05, 0) is 29.8 Å². The summed E-state index contributed by atoms with van der Waals surface area (Å²) in [6.45, 7) is 1.53. The molecule has 7 nitrogen and oxygen atoms in total. The number of benzene rings is 1. The molecule has 9 heteroatoms. The quantitative estimate of drug-likeness (QED) is 0.371. The number of rotatable bonds is 8. The van der Waals surface area contributed by atoms with Gasteiger partial charge in [0, 0.05) is 30.5 Å². The first-order chi connectivity index (χ1) is 12.3. The first-order valence-electron chi connectivity index (χ1n) is 7.73. The highest BCUT2D eigenvalue weighted by molar-refractivity contribution is 6.18.